The van der Waals surface area contributed by atoms with Gasteiger partial charge in [0, 0.05) is 37.8 Å². The number of carbonyl (C=O) groups excluding carboxylic acids is 1. The summed E-state index contributed by atoms with van der Waals surface area (Å²) in [6, 6.07) is 8.07. The van der Waals surface area contributed by atoms with Crippen LogP contribution in [0.4, 0.5) is 5.69 Å². The van der Waals surface area contributed by atoms with Crippen LogP contribution >= 0.6 is 0 Å². The lowest BCUT2D eigenvalue weighted by Crippen LogP contribution is -2.48. The summed E-state index contributed by atoms with van der Waals surface area (Å²) in [6.07, 6.45) is 1.64. The second kappa shape index (κ2) is 7.35. The lowest BCUT2D eigenvalue weighted by molar-refractivity contribution is -0.385. The van der Waals surface area contributed by atoms with Gasteiger partial charge in [-0.2, -0.15) is 0 Å². The van der Waals surface area contributed by atoms with Gasteiger partial charge in [0.2, 0.25) is 0 Å². The normalized spacial score (nSPS) is 15.2. The Hall–Kier alpha value is -2.87. The highest BCUT2D eigenvalue weighted by Crippen LogP contribution is 2.28. The molecule has 0 bridgehead atoms. The molecule has 0 N–H and O–H groups in total. The number of furan rings is 1. The predicted molar refractivity (Wildman–Crippen MR) is 89.5 cm³/mol. The molecule has 1 fully saturated rings. The zero-order valence-corrected chi connectivity index (χ0v) is 13.9. The highest BCUT2D eigenvalue weighted by atomic mass is 16.6. The van der Waals surface area contributed by atoms with Gasteiger partial charge in [-0.3, -0.25) is 19.8 Å². The van der Waals surface area contributed by atoms with E-state index in [-0.39, 0.29) is 17.3 Å². The summed E-state index contributed by atoms with van der Waals surface area (Å²) in [5, 5.41) is 11.1. The number of carbonyl (C=O) groups is 1. The van der Waals surface area contributed by atoms with Crippen LogP contribution in [0.2, 0.25) is 0 Å². The zero-order chi connectivity index (χ0) is 17.8. The minimum atomic E-state index is -0.545. The molecule has 8 heteroatoms. The molecule has 0 atom stereocenters. The molecule has 1 saturated heterocycles. The monoisotopic (exact) mass is 345 g/mol. The van der Waals surface area contributed by atoms with Crippen molar-refractivity contribution in [2.75, 3.05) is 33.3 Å². The van der Waals surface area contributed by atoms with Gasteiger partial charge < -0.3 is 14.1 Å². The fraction of sp³-hybridized carbons (Fsp3) is 0.353. The molecular weight excluding hydrogens is 326 g/mol. The Morgan fingerprint density at radius 1 is 1.28 bits per heavy atom. The Bertz CT molecular complexity index is 752. The SMILES string of the molecule is COc1ccc(C(=O)N2CCN(Cc3ccco3)CC2)cc1[N+](=O)[O-]. The summed E-state index contributed by atoms with van der Waals surface area (Å²) in [4.78, 5) is 27.1. The van der Waals surface area contributed by atoms with Crippen molar-refractivity contribution in [3.8, 4) is 5.75 Å². The van der Waals surface area contributed by atoms with E-state index in [0.29, 0.717) is 25.2 Å². The third kappa shape index (κ3) is 3.80. The van der Waals surface area contributed by atoms with Crippen molar-refractivity contribution >= 4 is 11.6 Å². The van der Waals surface area contributed by atoms with Crippen molar-refractivity contribution in [3.63, 3.8) is 0 Å². The molecule has 1 aliphatic rings. The fourth-order valence-electron chi connectivity index (χ4n) is 2.88. The minimum absolute atomic E-state index is 0.143. The van der Waals surface area contributed by atoms with Crippen LogP contribution in [-0.2, 0) is 6.54 Å². The number of nitro benzene ring substituents is 1. The first-order valence-electron chi connectivity index (χ1n) is 7.95. The van der Waals surface area contributed by atoms with Gasteiger partial charge in [-0.1, -0.05) is 0 Å². The Morgan fingerprint density at radius 2 is 2.04 bits per heavy atom. The molecule has 25 heavy (non-hydrogen) atoms. The zero-order valence-electron chi connectivity index (χ0n) is 13.9. The predicted octanol–water partition coefficient (Wildman–Crippen LogP) is 2.15. The van der Waals surface area contributed by atoms with E-state index in [0.717, 1.165) is 18.8 Å². The molecule has 1 aliphatic heterocycles. The topological polar surface area (TPSA) is 89.1 Å². The maximum atomic E-state index is 12.6. The Balaban J connectivity index is 1.64. The number of piperazine rings is 1. The molecule has 0 aliphatic carbocycles. The number of nitrogens with zero attached hydrogens (tertiary/aromatic N) is 3. The average Bonchev–Trinajstić information content (AvgIpc) is 3.14. The van der Waals surface area contributed by atoms with E-state index in [4.69, 9.17) is 9.15 Å². The molecule has 0 saturated carbocycles. The molecule has 1 amide bonds. The second-order valence-electron chi connectivity index (χ2n) is 5.79. The van der Waals surface area contributed by atoms with Crippen LogP contribution in [0.1, 0.15) is 16.1 Å². The highest BCUT2D eigenvalue weighted by molar-refractivity contribution is 5.95. The first kappa shape index (κ1) is 17.0. The molecular formula is C17H19N3O5. The first-order valence-corrected chi connectivity index (χ1v) is 7.95. The Morgan fingerprint density at radius 3 is 2.64 bits per heavy atom. The largest absolute Gasteiger partial charge is 0.490 e. The van der Waals surface area contributed by atoms with Crippen LogP contribution in [0.25, 0.3) is 0 Å². The molecule has 0 spiro atoms. The van der Waals surface area contributed by atoms with Crippen LogP contribution in [0, 0.1) is 10.1 Å². The molecule has 132 valence electrons. The lowest BCUT2D eigenvalue weighted by atomic mass is 10.1. The Labute approximate surface area is 144 Å². The van der Waals surface area contributed by atoms with E-state index in [1.54, 1.807) is 17.2 Å². The number of hydrogen-bond donors (Lipinski definition) is 0. The van der Waals surface area contributed by atoms with E-state index >= 15 is 0 Å². The third-order valence-electron chi connectivity index (χ3n) is 4.24. The van der Waals surface area contributed by atoms with Crippen LogP contribution in [0.15, 0.2) is 41.0 Å². The van der Waals surface area contributed by atoms with E-state index in [9.17, 15) is 14.9 Å². The third-order valence-corrected chi connectivity index (χ3v) is 4.24. The number of methoxy groups -OCH3 is 1. The first-order chi connectivity index (χ1) is 12.1. The number of nitro groups is 1. The summed E-state index contributed by atoms with van der Waals surface area (Å²) in [5.41, 5.74) is 0.0942. The van der Waals surface area contributed by atoms with Gasteiger partial charge in [-0.15, -0.1) is 0 Å². The maximum absolute atomic E-state index is 12.6. The molecule has 1 aromatic heterocycles. The molecule has 1 aromatic carbocycles. The number of rotatable bonds is 5. The van der Waals surface area contributed by atoms with Gasteiger partial charge >= 0.3 is 5.69 Å². The van der Waals surface area contributed by atoms with Crippen molar-refractivity contribution in [1.82, 2.24) is 9.80 Å². The molecule has 0 radical (unpaired) electrons. The standard InChI is InChI=1S/C17H19N3O5/c1-24-16-5-4-13(11-15(16)20(22)23)17(21)19-8-6-18(7-9-19)12-14-3-2-10-25-14/h2-5,10-11H,6-9,12H2,1H3. The van der Waals surface area contributed by atoms with Crippen LogP contribution < -0.4 is 4.74 Å². The van der Waals surface area contributed by atoms with Crippen LogP contribution in [0.3, 0.4) is 0 Å². The fourth-order valence-corrected chi connectivity index (χ4v) is 2.88. The molecule has 2 heterocycles. The van der Waals surface area contributed by atoms with Gasteiger partial charge in [-0.05, 0) is 24.3 Å². The van der Waals surface area contributed by atoms with Gasteiger partial charge in [0.25, 0.3) is 5.91 Å². The second-order valence-corrected chi connectivity index (χ2v) is 5.79. The van der Waals surface area contributed by atoms with E-state index in [1.807, 2.05) is 12.1 Å². The minimum Gasteiger partial charge on any atom is -0.490 e. The summed E-state index contributed by atoms with van der Waals surface area (Å²) in [6.45, 7) is 3.30. The average molecular weight is 345 g/mol. The summed E-state index contributed by atoms with van der Waals surface area (Å²) in [5.74, 6) is 0.832. The van der Waals surface area contributed by atoms with Crippen molar-refractivity contribution < 1.29 is 18.9 Å². The number of hydrogen-bond acceptors (Lipinski definition) is 6. The molecule has 3 rings (SSSR count). The van der Waals surface area contributed by atoms with Crippen molar-refractivity contribution in [1.29, 1.82) is 0 Å². The van der Waals surface area contributed by atoms with Gasteiger partial charge in [0.1, 0.15) is 5.76 Å². The van der Waals surface area contributed by atoms with Crippen LogP contribution in [0.5, 0.6) is 5.75 Å². The summed E-state index contributed by atoms with van der Waals surface area (Å²) in [7, 11) is 1.36. The van der Waals surface area contributed by atoms with Crippen molar-refractivity contribution in [3.05, 3.63) is 58.0 Å². The van der Waals surface area contributed by atoms with E-state index in [1.165, 1.54) is 19.2 Å². The maximum Gasteiger partial charge on any atom is 0.311 e. The van der Waals surface area contributed by atoms with Crippen molar-refractivity contribution in [2.45, 2.75) is 6.54 Å². The van der Waals surface area contributed by atoms with E-state index in [2.05, 4.69) is 4.90 Å². The van der Waals surface area contributed by atoms with Gasteiger partial charge in [-0.25, -0.2) is 0 Å². The van der Waals surface area contributed by atoms with Gasteiger partial charge in [0.05, 0.1) is 24.8 Å². The van der Waals surface area contributed by atoms with E-state index < -0.39 is 4.92 Å². The summed E-state index contributed by atoms with van der Waals surface area (Å²) < 4.78 is 10.3. The number of benzene rings is 1. The Kier molecular flexibility index (Phi) is 4.99. The van der Waals surface area contributed by atoms with Crippen molar-refractivity contribution in [2.24, 2.45) is 0 Å². The molecule has 2 aromatic rings. The smallest absolute Gasteiger partial charge is 0.311 e. The number of amides is 1. The number of ether oxygens (including phenoxy) is 1. The summed E-state index contributed by atoms with van der Waals surface area (Å²) >= 11 is 0. The lowest BCUT2D eigenvalue weighted by Gasteiger charge is -2.34. The molecule has 8 nitrogen and oxygen atoms in total. The van der Waals surface area contributed by atoms with Crippen LogP contribution in [-0.4, -0.2) is 53.9 Å². The van der Waals surface area contributed by atoms with Gasteiger partial charge in [0.15, 0.2) is 5.75 Å². The highest BCUT2D eigenvalue weighted by Gasteiger charge is 2.25. The quantitative estimate of drug-likeness (QED) is 0.609. The molecule has 0 unspecified atom stereocenters.